The van der Waals surface area contributed by atoms with Crippen molar-refractivity contribution in [1.29, 1.82) is 0 Å². The molecule has 1 N–H and O–H groups in total. The zero-order chi connectivity index (χ0) is 21.8. The van der Waals surface area contributed by atoms with Gasteiger partial charge in [-0.15, -0.1) is 0 Å². The number of carbonyl (C=O) groups is 1. The van der Waals surface area contributed by atoms with Crippen LogP contribution in [0, 0.1) is 30.5 Å². The highest BCUT2D eigenvalue weighted by atomic mass is 35.5. The Bertz CT molecular complexity index is 1140. The lowest BCUT2D eigenvalue weighted by molar-refractivity contribution is 0.101. The number of nitrogens with zero attached hydrogens (tertiary/aromatic N) is 2. The molecule has 1 aliphatic rings. The standard InChI is InChI=1S/C24H21ClFN3O2/c1-16-11-18(8-7-17-5-3-2-4-6-17)12-21(26)22(16)28-24(30)23-20(25)13-27-29(23)14-19-9-10-31-15-19/h2-6,11-13,19H,9-10,14-15H2,1H3,(H,28,30)/t19-/m1/s1. The second-order valence-electron chi connectivity index (χ2n) is 7.47. The van der Waals surface area contributed by atoms with Crippen molar-refractivity contribution in [2.24, 2.45) is 5.92 Å². The van der Waals surface area contributed by atoms with Crippen LogP contribution in [0.3, 0.4) is 0 Å². The van der Waals surface area contributed by atoms with Crippen LogP contribution in [0.15, 0.2) is 48.7 Å². The molecule has 0 unspecified atom stereocenters. The molecule has 0 radical (unpaired) electrons. The average Bonchev–Trinajstić information content (AvgIpc) is 3.40. The average molecular weight is 438 g/mol. The van der Waals surface area contributed by atoms with Crippen LogP contribution in [-0.4, -0.2) is 28.9 Å². The van der Waals surface area contributed by atoms with Crippen LogP contribution in [0.2, 0.25) is 5.02 Å². The highest BCUT2D eigenvalue weighted by Crippen LogP contribution is 2.25. The molecule has 31 heavy (non-hydrogen) atoms. The minimum Gasteiger partial charge on any atom is -0.381 e. The molecule has 0 spiro atoms. The number of anilines is 1. The van der Waals surface area contributed by atoms with E-state index in [0.29, 0.717) is 30.9 Å². The molecular weight excluding hydrogens is 417 g/mol. The Morgan fingerprint density at radius 3 is 2.77 bits per heavy atom. The van der Waals surface area contributed by atoms with Gasteiger partial charge in [-0.25, -0.2) is 4.39 Å². The number of aryl methyl sites for hydroxylation is 1. The number of carbonyl (C=O) groups excluding carboxylic acids is 1. The first-order valence-corrected chi connectivity index (χ1v) is 10.4. The Labute approximate surface area is 185 Å². The molecule has 158 valence electrons. The van der Waals surface area contributed by atoms with Gasteiger partial charge in [-0.1, -0.05) is 41.6 Å². The fourth-order valence-electron chi connectivity index (χ4n) is 3.51. The summed E-state index contributed by atoms with van der Waals surface area (Å²) in [5.41, 5.74) is 2.25. The highest BCUT2D eigenvalue weighted by molar-refractivity contribution is 6.34. The second-order valence-corrected chi connectivity index (χ2v) is 7.88. The zero-order valence-corrected chi connectivity index (χ0v) is 17.7. The van der Waals surface area contributed by atoms with Gasteiger partial charge >= 0.3 is 0 Å². The van der Waals surface area contributed by atoms with Gasteiger partial charge in [0.1, 0.15) is 11.5 Å². The third kappa shape index (κ3) is 4.96. The van der Waals surface area contributed by atoms with Gasteiger partial charge in [0, 0.05) is 30.2 Å². The third-order valence-electron chi connectivity index (χ3n) is 5.12. The molecule has 7 heteroatoms. The summed E-state index contributed by atoms with van der Waals surface area (Å²) in [6.45, 7) is 3.56. The Morgan fingerprint density at radius 1 is 1.29 bits per heavy atom. The van der Waals surface area contributed by atoms with Crippen LogP contribution in [0.5, 0.6) is 0 Å². The first kappa shape index (κ1) is 21.1. The van der Waals surface area contributed by atoms with Crippen molar-refractivity contribution in [2.45, 2.75) is 19.9 Å². The summed E-state index contributed by atoms with van der Waals surface area (Å²) in [4.78, 5) is 12.9. The van der Waals surface area contributed by atoms with E-state index in [4.69, 9.17) is 16.3 Å². The van der Waals surface area contributed by atoms with Crippen molar-refractivity contribution in [3.8, 4) is 11.8 Å². The maximum Gasteiger partial charge on any atom is 0.275 e. The first-order valence-electron chi connectivity index (χ1n) is 9.99. The van der Waals surface area contributed by atoms with Gasteiger partial charge < -0.3 is 10.1 Å². The van der Waals surface area contributed by atoms with E-state index >= 15 is 0 Å². The highest BCUT2D eigenvalue weighted by Gasteiger charge is 2.23. The summed E-state index contributed by atoms with van der Waals surface area (Å²) in [5, 5.41) is 7.08. The monoisotopic (exact) mass is 437 g/mol. The minimum absolute atomic E-state index is 0.100. The molecule has 0 aliphatic carbocycles. The summed E-state index contributed by atoms with van der Waals surface area (Å²) in [5.74, 6) is 5.16. The predicted octanol–water partition coefficient (Wildman–Crippen LogP) is 4.67. The molecule has 2 aromatic carbocycles. The Balaban J connectivity index is 1.54. The molecule has 0 saturated carbocycles. The lowest BCUT2D eigenvalue weighted by Gasteiger charge is -2.14. The maximum absolute atomic E-state index is 14.8. The van der Waals surface area contributed by atoms with Crippen molar-refractivity contribution >= 4 is 23.2 Å². The molecular formula is C24H21ClFN3O2. The summed E-state index contributed by atoms with van der Waals surface area (Å²) in [6, 6.07) is 12.5. The predicted molar refractivity (Wildman–Crippen MR) is 118 cm³/mol. The molecule has 1 amide bonds. The molecule has 4 rings (SSSR count). The third-order valence-corrected chi connectivity index (χ3v) is 5.39. The van der Waals surface area contributed by atoms with Gasteiger partial charge in [0.05, 0.1) is 23.5 Å². The number of ether oxygens (including phenoxy) is 1. The van der Waals surface area contributed by atoms with E-state index < -0.39 is 11.7 Å². The lowest BCUT2D eigenvalue weighted by Crippen LogP contribution is -2.22. The van der Waals surface area contributed by atoms with Crippen molar-refractivity contribution in [3.63, 3.8) is 0 Å². The second kappa shape index (κ2) is 9.34. The molecule has 1 aromatic heterocycles. The minimum atomic E-state index is -0.558. The van der Waals surface area contributed by atoms with E-state index in [1.807, 2.05) is 30.3 Å². The number of hydrogen-bond donors (Lipinski definition) is 1. The number of nitrogens with one attached hydrogen (secondary N) is 1. The fraction of sp³-hybridized carbons (Fsp3) is 0.250. The number of halogens is 2. The summed E-state index contributed by atoms with van der Waals surface area (Å²) < 4.78 is 21.8. The van der Waals surface area contributed by atoms with Crippen molar-refractivity contribution in [1.82, 2.24) is 9.78 Å². The molecule has 1 saturated heterocycles. The SMILES string of the molecule is Cc1cc(C#Cc2ccccc2)cc(F)c1NC(=O)c1c(Cl)cnn1C[C@H]1CCOC1. The molecule has 1 atom stereocenters. The van der Waals surface area contributed by atoms with Gasteiger partial charge in [0.15, 0.2) is 0 Å². The maximum atomic E-state index is 14.8. The van der Waals surface area contributed by atoms with E-state index in [1.54, 1.807) is 17.7 Å². The van der Waals surface area contributed by atoms with Crippen LogP contribution >= 0.6 is 11.6 Å². The molecule has 3 aromatic rings. The van der Waals surface area contributed by atoms with Crippen molar-refractivity contribution in [2.75, 3.05) is 18.5 Å². The normalized spacial score (nSPS) is 15.4. The zero-order valence-electron chi connectivity index (χ0n) is 17.0. The van der Waals surface area contributed by atoms with Gasteiger partial charge in [-0.3, -0.25) is 9.48 Å². The molecule has 5 nitrogen and oxygen atoms in total. The van der Waals surface area contributed by atoms with E-state index in [-0.39, 0.29) is 22.3 Å². The lowest BCUT2D eigenvalue weighted by atomic mass is 10.1. The van der Waals surface area contributed by atoms with E-state index in [9.17, 15) is 9.18 Å². The summed E-state index contributed by atoms with van der Waals surface area (Å²) in [7, 11) is 0. The van der Waals surface area contributed by atoms with Crippen LogP contribution in [-0.2, 0) is 11.3 Å². The quantitative estimate of drug-likeness (QED) is 0.603. The fourth-order valence-corrected chi connectivity index (χ4v) is 3.74. The smallest absolute Gasteiger partial charge is 0.275 e. The van der Waals surface area contributed by atoms with Gasteiger partial charge in [-0.05, 0) is 43.2 Å². The van der Waals surface area contributed by atoms with Crippen LogP contribution < -0.4 is 5.32 Å². The van der Waals surface area contributed by atoms with Crippen molar-refractivity contribution in [3.05, 3.63) is 81.9 Å². The molecule has 1 fully saturated rings. The van der Waals surface area contributed by atoms with Crippen molar-refractivity contribution < 1.29 is 13.9 Å². The number of hydrogen-bond acceptors (Lipinski definition) is 3. The van der Waals surface area contributed by atoms with E-state index in [0.717, 1.165) is 12.0 Å². The van der Waals surface area contributed by atoms with Gasteiger partial charge in [0.2, 0.25) is 0 Å². The Morgan fingerprint density at radius 2 is 2.06 bits per heavy atom. The van der Waals surface area contributed by atoms with Gasteiger partial charge in [0.25, 0.3) is 5.91 Å². The number of aromatic nitrogens is 2. The van der Waals surface area contributed by atoms with Crippen LogP contribution in [0.25, 0.3) is 0 Å². The topological polar surface area (TPSA) is 56.2 Å². The Kier molecular flexibility index (Phi) is 6.36. The Hall–Kier alpha value is -3.14. The van der Waals surface area contributed by atoms with Crippen LogP contribution in [0.1, 0.15) is 33.6 Å². The number of amides is 1. The number of benzene rings is 2. The molecule has 2 heterocycles. The van der Waals surface area contributed by atoms with E-state index in [1.165, 1.54) is 12.3 Å². The number of rotatable bonds is 4. The molecule has 1 aliphatic heterocycles. The first-order chi connectivity index (χ1) is 15.0. The van der Waals surface area contributed by atoms with E-state index in [2.05, 4.69) is 22.3 Å². The van der Waals surface area contributed by atoms with Gasteiger partial charge in [-0.2, -0.15) is 5.10 Å². The molecule has 0 bridgehead atoms. The summed E-state index contributed by atoms with van der Waals surface area (Å²) >= 11 is 6.21. The van der Waals surface area contributed by atoms with Crippen LogP contribution in [0.4, 0.5) is 10.1 Å². The summed E-state index contributed by atoms with van der Waals surface area (Å²) in [6.07, 6.45) is 2.33. The largest absolute Gasteiger partial charge is 0.381 e.